The number of nitrogens with two attached hydrogens (primary N) is 1. The van der Waals surface area contributed by atoms with Crippen LogP contribution in [0, 0.1) is 11.6 Å². The van der Waals surface area contributed by atoms with Crippen molar-refractivity contribution < 1.29 is 18.3 Å². The monoisotopic (exact) mass is 258 g/mol. The lowest BCUT2D eigenvalue weighted by Crippen LogP contribution is -2.41. The average Bonchev–Trinajstić information content (AvgIpc) is 2.32. The van der Waals surface area contributed by atoms with Gasteiger partial charge < -0.3 is 15.4 Å². The number of carbonyl (C=O) groups is 1. The van der Waals surface area contributed by atoms with Crippen LogP contribution in [0.2, 0.25) is 0 Å². The zero-order valence-corrected chi connectivity index (χ0v) is 10.3. The van der Waals surface area contributed by atoms with E-state index in [9.17, 15) is 13.6 Å². The first-order chi connectivity index (χ1) is 8.41. The molecule has 0 saturated heterocycles. The standard InChI is InChI=1S/C12H16F2N2O2/c1-8(15)12(17)16(2)5-6-18-9-3-4-10(13)11(14)7-9/h3-4,7-8H,5-6,15H2,1-2H3. The maximum absolute atomic E-state index is 12.9. The molecule has 100 valence electrons. The number of nitrogens with zero attached hydrogens (tertiary/aromatic N) is 1. The summed E-state index contributed by atoms with van der Waals surface area (Å²) in [5.41, 5.74) is 5.43. The Labute approximate surface area is 104 Å². The van der Waals surface area contributed by atoms with Gasteiger partial charge in [0.05, 0.1) is 12.6 Å². The van der Waals surface area contributed by atoms with Crippen molar-refractivity contribution in [1.29, 1.82) is 0 Å². The summed E-state index contributed by atoms with van der Waals surface area (Å²) >= 11 is 0. The van der Waals surface area contributed by atoms with Gasteiger partial charge in [0.1, 0.15) is 12.4 Å². The molecule has 0 spiro atoms. The Hall–Kier alpha value is -1.69. The highest BCUT2D eigenvalue weighted by Crippen LogP contribution is 2.15. The van der Waals surface area contributed by atoms with E-state index >= 15 is 0 Å². The Morgan fingerprint density at radius 1 is 1.44 bits per heavy atom. The first kappa shape index (κ1) is 14.4. The molecule has 0 aliphatic heterocycles. The molecule has 1 atom stereocenters. The highest BCUT2D eigenvalue weighted by molar-refractivity contribution is 5.80. The number of halogens is 2. The second-order valence-corrected chi connectivity index (χ2v) is 3.97. The molecule has 4 nitrogen and oxygen atoms in total. The molecule has 0 radical (unpaired) electrons. The van der Waals surface area contributed by atoms with Crippen molar-refractivity contribution in [2.24, 2.45) is 5.73 Å². The molecule has 0 aromatic heterocycles. The van der Waals surface area contributed by atoms with Gasteiger partial charge >= 0.3 is 0 Å². The first-order valence-electron chi connectivity index (χ1n) is 5.50. The van der Waals surface area contributed by atoms with E-state index in [1.54, 1.807) is 14.0 Å². The number of benzene rings is 1. The maximum atomic E-state index is 12.9. The molecule has 1 amide bonds. The average molecular weight is 258 g/mol. The van der Waals surface area contributed by atoms with E-state index in [4.69, 9.17) is 10.5 Å². The molecule has 0 fully saturated rings. The lowest BCUT2D eigenvalue weighted by Gasteiger charge is -2.19. The van der Waals surface area contributed by atoms with E-state index < -0.39 is 17.7 Å². The van der Waals surface area contributed by atoms with Gasteiger partial charge in [-0.2, -0.15) is 0 Å². The number of ether oxygens (including phenoxy) is 1. The summed E-state index contributed by atoms with van der Waals surface area (Å²) in [5, 5.41) is 0. The summed E-state index contributed by atoms with van der Waals surface area (Å²) in [4.78, 5) is 12.8. The molecule has 18 heavy (non-hydrogen) atoms. The lowest BCUT2D eigenvalue weighted by molar-refractivity contribution is -0.131. The Kier molecular flexibility index (Phi) is 5.03. The van der Waals surface area contributed by atoms with Crippen LogP contribution in [0.5, 0.6) is 5.75 Å². The summed E-state index contributed by atoms with van der Waals surface area (Å²) in [6, 6.07) is 2.70. The van der Waals surface area contributed by atoms with Gasteiger partial charge in [0.2, 0.25) is 5.91 Å². The van der Waals surface area contributed by atoms with Crippen LogP contribution in [0.3, 0.4) is 0 Å². The Bertz CT molecular complexity index is 425. The second-order valence-electron chi connectivity index (χ2n) is 3.97. The van der Waals surface area contributed by atoms with E-state index in [-0.39, 0.29) is 18.3 Å². The summed E-state index contributed by atoms with van der Waals surface area (Å²) in [5.74, 6) is -1.88. The van der Waals surface area contributed by atoms with Crippen molar-refractivity contribution >= 4 is 5.91 Å². The van der Waals surface area contributed by atoms with Gasteiger partial charge in [0.15, 0.2) is 11.6 Å². The van der Waals surface area contributed by atoms with Crippen LogP contribution < -0.4 is 10.5 Å². The van der Waals surface area contributed by atoms with Crippen molar-refractivity contribution in [3.63, 3.8) is 0 Å². The third kappa shape index (κ3) is 3.96. The molecular weight excluding hydrogens is 242 g/mol. The van der Waals surface area contributed by atoms with Crippen molar-refractivity contribution in [2.75, 3.05) is 20.2 Å². The molecule has 6 heteroatoms. The summed E-state index contributed by atoms with van der Waals surface area (Å²) in [6.45, 7) is 2.09. The summed E-state index contributed by atoms with van der Waals surface area (Å²) < 4.78 is 30.7. The highest BCUT2D eigenvalue weighted by atomic mass is 19.2. The fraction of sp³-hybridized carbons (Fsp3) is 0.417. The fourth-order valence-electron chi connectivity index (χ4n) is 1.32. The molecule has 1 rings (SSSR count). The Morgan fingerprint density at radius 2 is 2.11 bits per heavy atom. The number of likely N-dealkylation sites (N-methyl/N-ethyl adjacent to an activating group) is 1. The minimum absolute atomic E-state index is 0.181. The SMILES string of the molecule is CC(N)C(=O)N(C)CCOc1ccc(F)c(F)c1. The fourth-order valence-corrected chi connectivity index (χ4v) is 1.32. The number of rotatable bonds is 5. The molecule has 0 saturated carbocycles. The number of hydrogen-bond donors (Lipinski definition) is 1. The highest BCUT2D eigenvalue weighted by Gasteiger charge is 2.12. The quantitative estimate of drug-likeness (QED) is 0.862. The van der Waals surface area contributed by atoms with Crippen LogP contribution in [0.4, 0.5) is 8.78 Å². The Morgan fingerprint density at radius 3 is 2.67 bits per heavy atom. The third-order valence-electron chi connectivity index (χ3n) is 2.35. The molecule has 2 N–H and O–H groups in total. The normalized spacial score (nSPS) is 12.1. The van der Waals surface area contributed by atoms with E-state index in [0.717, 1.165) is 12.1 Å². The molecule has 0 bridgehead atoms. The minimum atomic E-state index is -0.965. The van der Waals surface area contributed by atoms with Crippen LogP contribution in [-0.2, 0) is 4.79 Å². The van der Waals surface area contributed by atoms with Gasteiger partial charge in [-0.15, -0.1) is 0 Å². The maximum Gasteiger partial charge on any atom is 0.239 e. The largest absolute Gasteiger partial charge is 0.492 e. The van der Waals surface area contributed by atoms with Gasteiger partial charge in [0, 0.05) is 13.1 Å². The number of amides is 1. The van der Waals surface area contributed by atoms with Gasteiger partial charge in [-0.3, -0.25) is 4.79 Å². The Balaban J connectivity index is 2.42. The van der Waals surface area contributed by atoms with Gasteiger partial charge in [-0.05, 0) is 19.1 Å². The molecule has 0 aliphatic rings. The third-order valence-corrected chi connectivity index (χ3v) is 2.35. The van der Waals surface area contributed by atoms with E-state index in [0.29, 0.717) is 6.54 Å². The molecular formula is C12H16F2N2O2. The number of carbonyl (C=O) groups excluding carboxylic acids is 1. The van der Waals surface area contributed by atoms with E-state index in [1.165, 1.54) is 11.0 Å². The zero-order valence-electron chi connectivity index (χ0n) is 10.3. The zero-order chi connectivity index (χ0) is 13.7. The summed E-state index contributed by atoms with van der Waals surface area (Å²) in [7, 11) is 1.60. The predicted molar refractivity (Wildman–Crippen MR) is 63.1 cm³/mol. The van der Waals surface area contributed by atoms with Crippen molar-refractivity contribution in [3.8, 4) is 5.75 Å². The number of hydrogen-bond acceptors (Lipinski definition) is 3. The lowest BCUT2D eigenvalue weighted by atomic mass is 10.3. The van der Waals surface area contributed by atoms with Crippen LogP contribution in [0.1, 0.15) is 6.92 Å². The van der Waals surface area contributed by atoms with Crippen molar-refractivity contribution in [2.45, 2.75) is 13.0 Å². The van der Waals surface area contributed by atoms with E-state index in [2.05, 4.69) is 0 Å². The predicted octanol–water partition coefficient (Wildman–Crippen LogP) is 1.15. The van der Waals surface area contributed by atoms with Gasteiger partial charge in [-0.25, -0.2) is 8.78 Å². The molecule has 0 heterocycles. The summed E-state index contributed by atoms with van der Waals surface area (Å²) in [6.07, 6.45) is 0. The van der Waals surface area contributed by atoms with Gasteiger partial charge in [0.25, 0.3) is 0 Å². The first-order valence-corrected chi connectivity index (χ1v) is 5.50. The molecule has 1 aromatic rings. The van der Waals surface area contributed by atoms with Crippen LogP contribution in [0.15, 0.2) is 18.2 Å². The molecule has 1 unspecified atom stereocenters. The van der Waals surface area contributed by atoms with Crippen molar-refractivity contribution in [3.05, 3.63) is 29.8 Å². The van der Waals surface area contributed by atoms with Crippen LogP contribution in [-0.4, -0.2) is 37.0 Å². The van der Waals surface area contributed by atoms with Crippen molar-refractivity contribution in [1.82, 2.24) is 4.90 Å². The molecule has 1 aromatic carbocycles. The van der Waals surface area contributed by atoms with Crippen LogP contribution >= 0.6 is 0 Å². The minimum Gasteiger partial charge on any atom is -0.492 e. The molecule has 0 aliphatic carbocycles. The smallest absolute Gasteiger partial charge is 0.239 e. The van der Waals surface area contributed by atoms with E-state index in [1.807, 2.05) is 0 Å². The second kappa shape index (κ2) is 6.30. The topological polar surface area (TPSA) is 55.6 Å². The van der Waals surface area contributed by atoms with Crippen LogP contribution in [0.25, 0.3) is 0 Å². The van der Waals surface area contributed by atoms with Gasteiger partial charge in [-0.1, -0.05) is 0 Å².